The second-order valence-corrected chi connectivity index (χ2v) is 4.18. The van der Waals surface area contributed by atoms with Crippen LogP contribution in [0.5, 0.6) is 0 Å². The third-order valence-corrected chi connectivity index (χ3v) is 3.11. The summed E-state index contributed by atoms with van der Waals surface area (Å²) in [5.74, 6) is 0. The summed E-state index contributed by atoms with van der Waals surface area (Å²) in [6.45, 7) is 0. The Morgan fingerprint density at radius 1 is 0.929 bits per heavy atom. The second kappa shape index (κ2) is 2.58. The summed E-state index contributed by atoms with van der Waals surface area (Å²) >= 11 is 0. The Morgan fingerprint density at radius 3 is 2.43 bits per heavy atom. The first-order valence-corrected chi connectivity index (χ1v) is 5.07. The zero-order chi connectivity index (χ0) is 9.60. The van der Waals surface area contributed by atoms with E-state index in [-0.39, 0.29) is 5.54 Å². The Balaban J connectivity index is 2.33. The highest BCUT2D eigenvalue weighted by atomic mass is 14.8. The SMILES string of the molecule is NC1(c2cccc3ccccc23)CC1. The lowest BCUT2D eigenvalue weighted by molar-refractivity contribution is 0.748. The number of hydrogen-bond donors (Lipinski definition) is 1. The van der Waals surface area contributed by atoms with Gasteiger partial charge < -0.3 is 5.73 Å². The molecule has 0 atom stereocenters. The van der Waals surface area contributed by atoms with Crippen LogP contribution >= 0.6 is 0 Å². The summed E-state index contributed by atoms with van der Waals surface area (Å²) in [5, 5.41) is 2.61. The van der Waals surface area contributed by atoms with Crippen molar-refractivity contribution in [2.45, 2.75) is 18.4 Å². The summed E-state index contributed by atoms with van der Waals surface area (Å²) in [6, 6.07) is 14.9. The molecule has 0 heterocycles. The van der Waals surface area contributed by atoms with Gasteiger partial charge in [0, 0.05) is 5.54 Å². The zero-order valence-electron chi connectivity index (χ0n) is 8.03. The van der Waals surface area contributed by atoms with Crippen molar-refractivity contribution in [2.24, 2.45) is 5.73 Å². The molecule has 2 aromatic rings. The Bertz CT molecular complexity index is 478. The van der Waals surface area contributed by atoms with Crippen molar-refractivity contribution in [3.8, 4) is 0 Å². The van der Waals surface area contributed by atoms with Crippen molar-refractivity contribution in [1.82, 2.24) is 0 Å². The van der Waals surface area contributed by atoms with Gasteiger partial charge in [-0.1, -0.05) is 42.5 Å². The van der Waals surface area contributed by atoms with Gasteiger partial charge >= 0.3 is 0 Å². The standard InChI is InChI=1S/C13H13N/c14-13(8-9-13)12-7-3-5-10-4-1-2-6-11(10)12/h1-7H,8-9,14H2. The molecule has 0 unspecified atom stereocenters. The van der Waals surface area contributed by atoms with E-state index in [9.17, 15) is 0 Å². The molecule has 1 fully saturated rings. The van der Waals surface area contributed by atoms with Gasteiger partial charge in [0.25, 0.3) is 0 Å². The van der Waals surface area contributed by atoms with Crippen molar-refractivity contribution in [3.05, 3.63) is 48.0 Å². The highest BCUT2D eigenvalue weighted by molar-refractivity contribution is 5.86. The Kier molecular flexibility index (Phi) is 1.48. The smallest absolute Gasteiger partial charge is 0.0417 e. The normalized spacial score (nSPS) is 18.4. The average Bonchev–Trinajstić information content (AvgIpc) is 2.97. The van der Waals surface area contributed by atoms with Crippen LogP contribution in [0.2, 0.25) is 0 Å². The van der Waals surface area contributed by atoms with Crippen LogP contribution in [0.25, 0.3) is 10.8 Å². The van der Waals surface area contributed by atoms with Crippen LogP contribution in [0.15, 0.2) is 42.5 Å². The van der Waals surface area contributed by atoms with Gasteiger partial charge in [-0.05, 0) is 29.2 Å². The Hall–Kier alpha value is -1.34. The lowest BCUT2D eigenvalue weighted by Crippen LogP contribution is -2.18. The van der Waals surface area contributed by atoms with Gasteiger partial charge in [0.15, 0.2) is 0 Å². The van der Waals surface area contributed by atoms with Crippen molar-refractivity contribution < 1.29 is 0 Å². The van der Waals surface area contributed by atoms with Crippen LogP contribution in [0, 0.1) is 0 Å². The van der Waals surface area contributed by atoms with Gasteiger partial charge in [-0.15, -0.1) is 0 Å². The first kappa shape index (κ1) is 8.01. The van der Waals surface area contributed by atoms with E-state index < -0.39 is 0 Å². The quantitative estimate of drug-likeness (QED) is 0.722. The lowest BCUT2D eigenvalue weighted by atomic mass is 9.98. The van der Waals surface area contributed by atoms with E-state index >= 15 is 0 Å². The summed E-state index contributed by atoms with van der Waals surface area (Å²) in [4.78, 5) is 0. The maximum Gasteiger partial charge on any atom is 0.0417 e. The fourth-order valence-corrected chi connectivity index (χ4v) is 2.06. The maximum absolute atomic E-state index is 6.23. The van der Waals surface area contributed by atoms with Gasteiger partial charge in [-0.3, -0.25) is 0 Å². The van der Waals surface area contributed by atoms with Crippen molar-refractivity contribution in [2.75, 3.05) is 0 Å². The Morgan fingerprint density at radius 2 is 1.64 bits per heavy atom. The molecule has 0 spiro atoms. The topological polar surface area (TPSA) is 26.0 Å². The van der Waals surface area contributed by atoms with Gasteiger partial charge in [-0.25, -0.2) is 0 Å². The summed E-state index contributed by atoms with van der Waals surface area (Å²) < 4.78 is 0. The summed E-state index contributed by atoms with van der Waals surface area (Å²) in [5.41, 5.74) is 7.52. The van der Waals surface area contributed by atoms with E-state index in [2.05, 4.69) is 42.5 Å². The monoisotopic (exact) mass is 183 g/mol. The molecule has 0 radical (unpaired) electrons. The fourth-order valence-electron chi connectivity index (χ4n) is 2.06. The van der Waals surface area contributed by atoms with E-state index in [1.54, 1.807) is 0 Å². The molecule has 14 heavy (non-hydrogen) atoms. The molecule has 70 valence electrons. The molecule has 1 saturated carbocycles. The van der Waals surface area contributed by atoms with Crippen LogP contribution in [-0.4, -0.2) is 0 Å². The van der Waals surface area contributed by atoms with E-state index in [1.807, 2.05) is 0 Å². The van der Waals surface area contributed by atoms with Crippen LogP contribution in [0.1, 0.15) is 18.4 Å². The van der Waals surface area contributed by atoms with Crippen LogP contribution in [-0.2, 0) is 5.54 Å². The zero-order valence-corrected chi connectivity index (χ0v) is 8.03. The summed E-state index contributed by atoms with van der Waals surface area (Å²) in [6.07, 6.45) is 2.25. The van der Waals surface area contributed by atoms with Crippen molar-refractivity contribution in [1.29, 1.82) is 0 Å². The first-order chi connectivity index (χ1) is 6.80. The largest absolute Gasteiger partial charge is 0.321 e. The minimum Gasteiger partial charge on any atom is -0.321 e. The molecule has 0 aromatic heterocycles. The second-order valence-electron chi connectivity index (χ2n) is 4.18. The maximum atomic E-state index is 6.23. The van der Waals surface area contributed by atoms with Gasteiger partial charge in [0.1, 0.15) is 0 Å². The van der Waals surface area contributed by atoms with Crippen molar-refractivity contribution >= 4 is 10.8 Å². The molecule has 2 aromatic carbocycles. The summed E-state index contributed by atoms with van der Waals surface area (Å²) in [7, 11) is 0. The average molecular weight is 183 g/mol. The molecule has 3 rings (SSSR count). The third-order valence-electron chi connectivity index (χ3n) is 3.11. The molecule has 1 nitrogen and oxygen atoms in total. The highest BCUT2D eigenvalue weighted by Gasteiger charge is 2.40. The number of benzene rings is 2. The van der Waals surface area contributed by atoms with E-state index in [4.69, 9.17) is 5.73 Å². The molecule has 2 N–H and O–H groups in total. The van der Waals surface area contributed by atoms with Gasteiger partial charge in [-0.2, -0.15) is 0 Å². The molecule has 0 saturated heterocycles. The molecule has 1 aliphatic carbocycles. The molecule has 1 heteroatoms. The minimum absolute atomic E-state index is 0.0269. The molecular weight excluding hydrogens is 170 g/mol. The predicted octanol–water partition coefficient (Wildman–Crippen LogP) is 2.79. The first-order valence-electron chi connectivity index (χ1n) is 5.07. The van der Waals surface area contributed by atoms with E-state index in [0.29, 0.717) is 0 Å². The minimum atomic E-state index is -0.0269. The van der Waals surface area contributed by atoms with E-state index in [1.165, 1.54) is 16.3 Å². The predicted molar refractivity (Wildman–Crippen MR) is 59.0 cm³/mol. The molecular formula is C13H13N. The number of fused-ring (bicyclic) bond motifs is 1. The van der Waals surface area contributed by atoms with Crippen LogP contribution in [0.4, 0.5) is 0 Å². The molecule has 0 amide bonds. The van der Waals surface area contributed by atoms with Crippen LogP contribution in [0.3, 0.4) is 0 Å². The number of rotatable bonds is 1. The molecule has 0 aliphatic heterocycles. The fraction of sp³-hybridized carbons (Fsp3) is 0.231. The number of nitrogens with two attached hydrogens (primary N) is 1. The van der Waals surface area contributed by atoms with Crippen LogP contribution < -0.4 is 5.73 Å². The molecule has 0 bridgehead atoms. The highest BCUT2D eigenvalue weighted by Crippen LogP contribution is 2.45. The Labute approximate surface area is 83.5 Å². The van der Waals surface area contributed by atoms with E-state index in [0.717, 1.165) is 12.8 Å². The molecule has 1 aliphatic rings. The van der Waals surface area contributed by atoms with Gasteiger partial charge in [0.05, 0.1) is 0 Å². The number of hydrogen-bond acceptors (Lipinski definition) is 1. The van der Waals surface area contributed by atoms with Crippen molar-refractivity contribution in [3.63, 3.8) is 0 Å². The third kappa shape index (κ3) is 1.06. The van der Waals surface area contributed by atoms with Gasteiger partial charge in [0.2, 0.25) is 0 Å². The lowest BCUT2D eigenvalue weighted by Gasteiger charge is -2.12.